The third kappa shape index (κ3) is 4.95. The molecule has 1 aliphatic rings. The summed E-state index contributed by atoms with van der Waals surface area (Å²) >= 11 is 1.34. The average molecular weight is 414 g/mol. The minimum Gasteiger partial charge on any atom is -0.343 e. The van der Waals surface area contributed by atoms with Crippen LogP contribution in [0.5, 0.6) is 0 Å². The van der Waals surface area contributed by atoms with E-state index < -0.39 is 0 Å². The number of carbonyl (C=O) groups is 1. The van der Waals surface area contributed by atoms with E-state index in [9.17, 15) is 13.6 Å². The molecule has 29 heavy (non-hydrogen) atoms. The van der Waals surface area contributed by atoms with Gasteiger partial charge in [0, 0.05) is 44.1 Å². The molecular formula is C21H20F2N4OS. The second-order valence-corrected chi connectivity index (χ2v) is 7.70. The van der Waals surface area contributed by atoms with E-state index in [1.807, 2.05) is 4.90 Å². The highest BCUT2D eigenvalue weighted by Crippen LogP contribution is 2.21. The summed E-state index contributed by atoms with van der Waals surface area (Å²) in [5.41, 5.74) is 1.78. The van der Waals surface area contributed by atoms with Crippen LogP contribution in [-0.2, 0) is 17.6 Å². The Bertz CT molecular complexity index is 967. The van der Waals surface area contributed by atoms with Gasteiger partial charge in [0.15, 0.2) is 0 Å². The first-order valence-electron chi connectivity index (χ1n) is 9.41. The van der Waals surface area contributed by atoms with Crippen LogP contribution < -0.4 is 4.90 Å². The molecule has 3 aromatic rings. The van der Waals surface area contributed by atoms with Crippen LogP contribution in [0.2, 0.25) is 0 Å². The number of nitrogens with zero attached hydrogens (tertiary/aromatic N) is 4. The van der Waals surface area contributed by atoms with Crippen molar-refractivity contribution in [2.24, 2.45) is 0 Å². The first-order chi connectivity index (χ1) is 14.1. The Morgan fingerprint density at radius 1 is 0.897 bits per heavy atom. The fourth-order valence-corrected chi connectivity index (χ4v) is 4.00. The lowest BCUT2D eigenvalue weighted by atomic mass is 10.1. The number of amides is 1. The summed E-state index contributed by atoms with van der Waals surface area (Å²) in [5.74, 6) is 0.204. The van der Waals surface area contributed by atoms with Gasteiger partial charge in [0.25, 0.3) is 0 Å². The van der Waals surface area contributed by atoms with Gasteiger partial charge in [-0.1, -0.05) is 24.3 Å². The van der Waals surface area contributed by atoms with Crippen molar-refractivity contribution in [1.29, 1.82) is 0 Å². The molecule has 1 amide bonds. The number of hydrogen-bond donors (Lipinski definition) is 0. The Labute approximate surface area is 171 Å². The van der Waals surface area contributed by atoms with Gasteiger partial charge in [0.1, 0.15) is 17.5 Å². The molecule has 4 rings (SSSR count). The van der Waals surface area contributed by atoms with Crippen molar-refractivity contribution in [1.82, 2.24) is 14.3 Å². The minimum atomic E-state index is -0.300. The largest absolute Gasteiger partial charge is 0.343 e. The van der Waals surface area contributed by atoms with Crippen molar-refractivity contribution in [3.63, 3.8) is 0 Å². The normalized spacial score (nSPS) is 14.3. The summed E-state index contributed by atoms with van der Waals surface area (Å²) in [6.45, 7) is 2.63. The van der Waals surface area contributed by atoms with Crippen molar-refractivity contribution in [3.05, 3.63) is 77.1 Å². The van der Waals surface area contributed by atoms with Gasteiger partial charge in [-0.2, -0.15) is 4.37 Å². The molecule has 5 nitrogen and oxygen atoms in total. The second-order valence-electron chi connectivity index (χ2n) is 6.97. The van der Waals surface area contributed by atoms with Crippen molar-refractivity contribution in [2.45, 2.75) is 12.8 Å². The maximum absolute atomic E-state index is 13.0. The molecule has 1 aromatic heterocycles. The lowest BCUT2D eigenvalue weighted by Crippen LogP contribution is -2.49. The number of halogens is 2. The second kappa shape index (κ2) is 8.65. The predicted octanol–water partition coefficient (Wildman–Crippen LogP) is 3.30. The molecule has 2 heterocycles. The molecule has 0 saturated carbocycles. The van der Waals surface area contributed by atoms with Crippen LogP contribution >= 0.6 is 11.5 Å². The molecule has 0 spiro atoms. The molecule has 150 valence electrons. The molecule has 1 aliphatic heterocycles. The summed E-state index contributed by atoms with van der Waals surface area (Å²) in [6, 6.07) is 12.4. The lowest BCUT2D eigenvalue weighted by Gasteiger charge is -2.34. The van der Waals surface area contributed by atoms with Crippen LogP contribution in [0.1, 0.15) is 17.0 Å². The third-order valence-corrected chi connectivity index (χ3v) is 5.72. The van der Waals surface area contributed by atoms with Crippen LogP contribution in [0, 0.1) is 11.6 Å². The Balaban J connectivity index is 1.30. The maximum atomic E-state index is 13.0. The third-order valence-electron chi connectivity index (χ3n) is 4.90. The zero-order valence-corrected chi connectivity index (χ0v) is 16.5. The Hall–Kier alpha value is -2.87. The summed E-state index contributed by atoms with van der Waals surface area (Å²) < 4.78 is 30.4. The average Bonchev–Trinajstić information content (AvgIpc) is 3.20. The molecular weight excluding hydrogens is 394 g/mol. The molecule has 0 bridgehead atoms. The van der Waals surface area contributed by atoms with Gasteiger partial charge in [-0.15, -0.1) is 0 Å². The van der Waals surface area contributed by atoms with Crippen LogP contribution in [0.4, 0.5) is 13.9 Å². The Kier molecular flexibility index (Phi) is 5.80. The lowest BCUT2D eigenvalue weighted by molar-refractivity contribution is -0.130. The first-order valence-corrected chi connectivity index (χ1v) is 10.2. The summed E-state index contributed by atoms with van der Waals surface area (Å²) in [6.07, 6.45) is 0.841. The van der Waals surface area contributed by atoms with E-state index in [2.05, 4.69) is 14.3 Å². The highest BCUT2D eigenvalue weighted by molar-refractivity contribution is 7.09. The molecule has 1 fully saturated rings. The van der Waals surface area contributed by atoms with Crippen LogP contribution in [0.3, 0.4) is 0 Å². The minimum absolute atomic E-state index is 0.0468. The van der Waals surface area contributed by atoms with Crippen molar-refractivity contribution < 1.29 is 13.6 Å². The van der Waals surface area contributed by atoms with Gasteiger partial charge in [0.2, 0.25) is 11.0 Å². The number of piperazine rings is 1. The van der Waals surface area contributed by atoms with E-state index in [4.69, 9.17) is 0 Å². The molecule has 2 aromatic carbocycles. The number of anilines is 1. The number of rotatable bonds is 5. The first kappa shape index (κ1) is 19.4. The molecule has 0 aliphatic carbocycles. The number of carbonyl (C=O) groups excluding carboxylic acids is 1. The van der Waals surface area contributed by atoms with Crippen LogP contribution in [0.25, 0.3) is 0 Å². The Morgan fingerprint density at radius 3 is 2.10 bits per heavy atom. The van der Waals surface area contributed by atoms with E-state index in [1.165, 1.54) is 35.8 Å². The van der Waals surface area contributed by atoms with Gasteiger partial charge < -0.3 is 9.80 Å². The van der Waals surface area contributed by atoms with Crippen LogP contribution in [0.15, 0.2) is 48.5 Å². The molecule has 0 radical (unpaired) electrons. The zero-order valence-electron chi connectivity index (χ0n) is 15.7. The zero-order chi connectivity index (χ0) is 20.2. The SMILES string of the molecule is O=C(Cc1ccc(F)cc1)N1CCN(c2nc(Cc3ccc(F)cc3)ns2)CC1. The molecule has 0 atom stereocenters. The van der Waals surface area contributed by atoms with Gasteiger partial charge in [-0.3, -0.25) is 4.79 Å². The quantitative estimate of drug-likeness (QED) is 0.643. The van der Waals surface area contributed by atoms with Crippen molar-refractivity contribution in [2.75, 3.05) is 31.1 Å². The summed E-state index contributed by atoms with van der Waals surface area (Å²) in [5, 5.41) is 0.841. The van der Waals surface area contributed by atoms with E-state index in [1.54, 1.807) is 24.3 Å². The van der Waals surface area contributed by atoms with Gasteiger partial charge in [0.05, 0.1) is 6.42 Å². The van der Waals surface area contributed by atoms with Gasteiger partial charge in [-0.05, 0) is 35.4 Å². The maximum Gasteiger partial charge on any atom is 0.227 e. The van der Waals surface area contributed by atoms with E-state index in [0.717, 1.165) is 16.3 Å². The van der Waals surface area contributed by atoms with Gasteiger partial charge >= 0.3 is 0 Å². The molecule has 0 N–H and O–H groups in total. The standard InChI is InChI=1S/C21H20F2N4OS/c22-17-5-1-15(2-6-17)13-19-24-21(29-25-19)27-11-9-26(10-12-27)20(28)14-16-3-7-18(23)8-4-16/h1-8H,9-14H2. The van der Waals surface area contributed by atoms with E-state index in [-0.39, 0.29) is 24.0 Å². The van der Waals surface area contributed by atoms with E-state index >= 15 is 0 Å². The van der Waals surface area contributed by atoms with Crippen molar-refractivity contribution in [3.8, 4) is 0 Å². The number of aromatic nitrogens is 2. The fourth-order valence-electron chi connectivity index (χ4n) is 3.27. The Morgan fingerprint density at radius 2 is 1.48 bits per heavy atom. The highest BCUT2D eigenvalue weighted by Gasteiger charge is 2.23. The topological polar surface area (TPSA) is 49.3 Å². The van der Waals surface area contributed by atoms with Gasteiger partial charge in [-0.25, -0.2) is 13.8 Å². The smallest absolute Gasteiger partial charge is 0.227 e. The number of hydrogen-bond acceptors (Lipinski definition) is 5. The summed E-state index contributed by atoms with van der Waals surface area (Å²) in [7, 11) is 0. The monoisotopic (exact) mass is 414 g/mol. The highest BCUT2D eigenvalue weighted by atomic mass is 32.1. The molecule has 8 heteroatoms. The fraction of sp³-hybridized carbons (Fsp3) is 0.286. The van der Waals surface area contributed by atoms with Crippen LogP contribution in [-0.4, -0.2) is 46.3 Å². The molecule has 0 unspecified atom stereocenters. The number of benzene rings is 2. The predicted molar refractivity (Wildman–Crippen MR) is 108 cm³/mol. The summed E-state index contributed by atoms with van der Waals surface area (Å²) in [4.78, 5) is 21.1. The van der Waals surface area contributed by atoms with E-state index in [0.29, 0.717) is 38.4 Å². The molecule has 1 saturated heterocycles. The van der Waals surface area contributed by atoms with Crippen molar-refractivity contribution >= 4 is 22.6 Å².